The Morgan fingerprint density at radius 2 is 1.71 bits per heavy atom. The lowest BCUT2D eigenvalue weighted by Crippen LogP contribution is -2.39. The van der Waals surface area contributed by atoms with Gasteiger partial charge >= 0.3 is 16.2 Å². The zero-order chi connectivity index (χ0) is 27.6. The minimum atomic E-state index is -3.95. The van der Waals surface area contributed by atoms with Crippen molar-refractivity contribution in [2.45, 2.75) is 58.4 Å². The molecule has 1 fully saturated rings. The van der Waals surface area contributed by atoms with E-state index in [1.54, 1.807) is 18.2 Å². The Morgan fingerprint density at radius 1 is 1.03 bits per heavy atom. The lowest BCUT2D eigenvalue weighted by molar-refractivity contribution is -0.132. The van der Waals surface area contributed by atoms with Gasteiger partial charge in [-0.1, -0.05) is 63.4 Å². The molecule has 0 unspecified atom stereocenters. The minimum Gasteiger partial charge on any atom is -0.478 e. The largest absolute Gasteiger partial charge is 0.478 e. The van der Waals surface area contributed by atoms with Crippen molar-refractivity contribution in [2.75, 3.05) is 14.1 Å². The van der Waals surface area contributed by atoms with Gasteiger partial charge in [0.15, 0.2) is 0 Å². The molecule has 1 aromatic heterocycles. The average Bonchev–Trinajstić information content (AvgIpc) is 3.12. The van der Waals surface area contributed by atoms with Gasteiger partial charge in [0.05, 0.1) is 17.8 Å². The summed E-state index contributed by atoms with van der Waals surface area (Å²) in [6.45, 7) is 4.14. The summed E-state index contributed by atoms with van der Waals surface area (Å²) in [5.74, 6) is -1.40. The molecule has 2 aromatic carbocycles. The van der Waals surface area contributed by atoms with Crippen molar-refractivity contribution in [1.82, 2.24) is 13.6 Å². The number of aromatic nitrogens is 1. The Kier molecular flexibility index (Phi) is 8.08. The highest BCUT2D eigenvalue weighted by atomic mass is 32.2. The molecule has 202 valence electrons. The van der Waals surface area contributed by atoms with Crippen molar-refractivity contribution in [3.8, 4) is 11.3 Å². The predicted octanol–water partition coefficient (Wildman–Crippen LogP) is 5.40. The van der Waals surface area contributed by atoms with Gasteiger partial charge in [0.2, 0.25) is 0 Å². The normalized spacial score (nSPS) is 15.6. The molecular formula is C29H35N3O5S. The molecule has 2 heterocycles. The molecule has 0 spiro atoms. The molecule has 1 saturated carbocycles. The molecule has 0 saturated heterocycles. The summed E-state index contributed by atoms with van der Waals surface area (Å²) in [6.07, 6.45) is 7.31. The van der Waals surface area contributed by atoms with E-state index in [0.717, 1.165) is 57.7 Å². The number of nitrogens with zero attached hydrogens (tertiary/aromatic N) is 2. The highest BCUT2D eigenvalue weighted by Gasteiger charge is 2.30. The van der Waals surface area contributed by atoms with Crippen LogP contribution in [0.4, 0.5) is 0 Å². The molecule has 0 radical (unpaired) electrons. The molecule has 9 heteroatoms. The van der Waals surface area contributed by atoms with Crippen molar-refractivity contribution in [3.05, 3.63) is 64.7 Å². The Hall–Kier alpha value is -3.43. The number of aliphatic carboxylic acids is 1. The summed E-state index contributed by atoms with van der Waals surface area (Å²) in [5, 5.41) is 10.9. The van der Waals surface area contributed by atoms with E-state index in [2.05, 4.69) is 4.72 Å². The molecule has 38 heavy (non-hydrogen) atoms. The summed E-state index contributed by atoms with van der Waals surface area (Å²) in [7, 11) is -1.26. The van der Waals surface area contributed by atoms with Crippen LogP contribution in [0, 0.1) is 0 Å². The molecule has 1 aliphatic carbocycles. The van der Waals surface area contributed by atoms with Gasteiger partial charge < -0.3 is 9.67 Å². The van der Waals surface area contributed by atoms with E-state index in [4.69, 9.17) is 0 Å². The van der Waals surface area contributed by atoms with Crippen molar-refractivity contribution in [1.29, 1.82) is 0 Å². The van der Waals surface area contributed by atoms with Crippen molar-refractivity contribution >= 4 is 39.1 Å². The molecule has 0 bridgehead atoms. The quantitative estimate of drug-likeness (QED) is 0.453. The summed E-state index contributed by atoms with van der Waals surface area (Å²) >= 11 is 0. The number of rotatable bonds is 5. The highest BCUT2D eigenvalue weighted by Crippen LogP contribution is 2.46. The van der Waals surface area contributed by atoms with Gasteiger partial charge in [-0.3, -0.25) is 4.79 Å². The maximum absolute atomic E-state index is 12.9. The monoisotopic (exact) mass is 537 g/mol. The third-order valence-electron chi connectivity index (χ3n) is 7.23. The number of carboxylic acid groups (broad SMARTS) is 1. The first-order chi connectivity index (χ1) is 18.2. The second-order valence-electron chi connectivity index (χ2n) is 9.70. The summed E-state index contributed by atoms with van der Waals surface area (Å²) in [5.41, 5.74) is 5.16. The first kappa shape index (κ1) is 27.6. The Balaban J connectivity index is 0.00000164. The van der Waals surface area contributed by atoms with Gasteiger partial charge in [-0.2, -0.15) is 12.7 Å². The van der Waals surface area contributed by atoms with E-state index in [1.807, 2.05) is 48.7 Å². The average molecular weight is 538 g/mol. The maximum Gasteiger partial charge on any atom is 0.333 e. The summed E-state index contributed by atoms with van der Waals surface area (Å²) in [6, 6.07) is 13.0. The van der Waals surface area contributed by atoms with Gasteiger partial charge in [0.25, 0.3) is 5.91 Å². The van der Waals surface area contributed by atoms with E-state index in [-0.39, 0.29) is 17.7 Å². The molecular weight excluding hydrogens is 502 g/mol. The van der Waals surface area contributed by atoms with Crippen LogP contribution in [0.15, 0.2) is 48.0 Å². The lowest BCUT2D eigenvalue weighted by atomic mass is 9.81. The van der Waals surface area contributed by atoms with E-state index in [9.17, 15) is 23.1 Å². The first-order valence-corrected chi connectivity index (χ1v) is 14.6. The fourth-order valence-corrected chi connectivity index (χ4v) is 5.95. The predicted molar refractivity (Wildman–Crippen MR) is 150 cm³/mol. The topological polar surface area (TPSA) is 109 Å². The number of carbonyl (C=O) groups is 2. The van der Waals surface area contributed by atoms with Crippen LogP contribution in [0.25, 0.3) is 28.2 Å². The maximum atomic E-state index is 12.9. The molecule has 3 aromatic rings. The van der Waals surface area contributed by atoms with Gasteiger partial charge in [-0.25, -0.2) is 9.52 Å². The molecule has 8 nitrogen and oxygen atoms in total. The van der Waals surface area contributed by atoms with E-state index < -0.39 is 22.1 Å². The van der Waals surface area contributed by atoms with Crippen LogP contribution < -0.4 is 4.72 Å². The molecule has 1 aliphatic heterocycles. The Bertz CT molecular complexity index is 1510. The summed E-state index contributed by atoms with van der Waals surface area (Å²) in [4.78, 5) is 25.0. The molecule has 5 rings (SSSR count). The fraction of sp³-hybridized carbons (Fsp3) is 0.379. The van der Waals surface area contributed by atoms with E-state index >= 15 is 0 Å². The first-order valence-electron chi connectivity index (χ1n) is 13.1. The van der Waals surface area contributed by atoms with Crippen molar-refractivity contribution < 1.29 is 23.1 Å². The number of fused-ring (bicyclic) bond motifs is 5. The minimum absolute atomic E-state index is 0.142. The lowest BCUT2D eigenvalue weighted by Gasteiger charge is -2.24. The zero-order valence-electron chi connectivity index (χ0n) is 22.3. The second kappa shape index (κ2) is 11.1. The van der Waals surface area contributed by atoms with Crippen molar-refractivity contribution in [3.63, 3.8) is 0 Å². The molecule has 2 aliphatic rings. The van der Waals surface area contributed by atoms with Crippen LogP contribution in [0.1, 0.15) is 73.4 Å². The SMILES string of the molecule is CC.CN(C)S(=O)(=O)NC(=O)c1ccc2c(C3CCCCC3)c3n(c2c1)CC(C(=O)O)=Cc1ccccc1-3. The third kappa shape index (κ3) is 5.13. The Labute approximate surface area is 224 Å². The number of hydrogen-bond acceptors (Lipinski definition) is 4. The number of carboxylic acids is 1. The number of benzene rings is 2. The van der Waals surface area contributed by atoms with Gasteiger partial charge in [-0.05, 0) is 48.1 Å². The van der Waals surface area contributed by atoms with Gasteiger partial charge in [0, 0.05) is 36.1 Å². The molecule has 0 atom stereocenters. The van der Waals surface area contributed by atoms with Crippen molar-refractivity contribution in [2.24, 2.45) is 0 Å². The molecule has 2 N–H and O–H groups in total. The van der Waals surface area contributed by atoms with Gasteiger partial charge in [0.1, 0.15) is 0 Å². The zero-order valence-corrected chi connectivity index (χ0v) is 23.1. The standard InChI is InChI=1S/C27H29N3O5S.C2H6/c1-29(2)36(34,35)28-26(31)19-12-13-22-23(15-19)30-16-20(27(32)33)14-18-10-6-7-11-21(18)25(30)24(22)17-8-4-3-5-9-17;1-2/h6-7,10-15,17H,3-5,8-9,16H2,1-2H3,(H,28,31)(H,32,33);1-2H3. The van der Waals surface area contributed by atoms with Crippen LogP contribution in [0.2, 0.25) is 0 Å². The second-order valence-corrected chi connectivity index (χ2v) is 11.6. The highest BCUT2D eigenvalue weighted by molar-refractivity contribution is 7.87. The summed E-state index contributed by atoms with van der Waals surface area (Å²) < 4.78 is 29.5. The third-order valence-corrected chi connectivity index (χ3v) is 8.64. The van der Waals surface area contributed by atoms with Crippen LogP contribution in [0.5, 0.6) is 0 Å². The van der Waals surface area contributed by atoms with Gasteiger partial charge in [-0.15, -0.1) is 0 Å². The van der Waals surface area contributed by atoms with Crippen LogP contribution in [0.3, 0.4) is 0 Å². The Morgan fingerprint density at radius 3 is 2.37 bits per heavy atom. The number of amides is 1. The van der Waals surface area contributed by atoms with E-state index in [1.165, 1.54) is 26.1 Å². The number of nitrogens with one attached hydrogen (secondary N) is 1. The van der Waals surface area contributed by atoms with Crippen LogP contribution >= 0.6 is 0 Å². The van der Waals surface area contributed by atoms with Crippen LogP contribution in [-0.4, -0.2) is 48.4 Å². The molecule has 1 amide bonds. The van der Waals surface area contributed by atoms with Crippen LogP contribution in [-0.2, 0) is 21.5 Å². The smallest absolute Gasteiger partial charge is 0.333 e. The number of hydrogen-bond donors (Lipinski definition) is 2. The number of carbonyl (C=O) groups excluding carboxylic acids is 1. The fourth-order valence-electron chi connectivity index (χ4n) is 5.42. The van der Waals surface area contributed by atoms with E-state index in [0.29, 0.717) is 5.92 Å².